The predicted molar refractivity (Wildman–Crippen MR) is 119 cm³/mol. The number of aliphatic imine (C=N–C) groups is 1. The Morgan fingerprint density at radius 3 is 2.69 bits per heavy atom. The fourth-order valence-electron chi connectivity index (χ4n) is 3.62. The van der Waals surface area contributed by atoms with Gasteiger partial charge in [0.2, 0.25) is 5.88 Å². The number of hydrogen-bond donors (Lipinski definition) is 2. The van der Waals surface area contributed by atoms with E-state index in [0.29, 0.717) is 17.6 Å². The number of nitrogens with one attached hydrogen (secondary N) is 2. The maximum absolute atomic E-state index is 13.9. The fraction of sp³-hybridized carbons (Fsp3) is 0.125. The summed E-state index contributed by atoms with van der Waals surface area (Å²) in [6, 6.07) is 13.6. The molecule has 0 saturated heterocycles. The van der Waals surface area contributed by atoms with Gasteiger partial charge in [-0.3, -0.25) is 4.98 Å². The molecule has 1 aliphatic heterocycles. The highest BCUT2D eigenvalue weighted by atomic mass is 19.1. The number of aromatic nitrogens is 2. The van der Waals surface area contributed by atoms with Gasteiger partial charge in [0.25, 0.3) is 0 Å². The first-order chi connectivity index (χ1) is 15.5. The number of guanidine groups is 1. The van der Waals surface area contributed by atoms with Crippen molar-refractivity contribution < 1.29 is 13.5 Å². The smallest absolute Gasteiger partial charge is 0.227 e. The van der Waals surface area contributed by atoms with Crippen LogP contribution in [0.2, 0.25) is 0 Å². The standard InChI is InChI=1S/C24H19F2N5O/c1-14-11-15(8-10-27-14)19-3-2-9-28-23(19)32-18-6-4-17(5-7-18)29-24-30-21-13-16(25)12-20(26)22(21)31-24/h2-13,21-22H,1H3,(H2,29,30,31). The number of ether oxygens (including phenoxy) is 1. The van der Waals surface area contributed by atoms with Gasteiger partial charge < -0.3 is 15.4 Å². The van der Waals surface area contributed by atoms with E-state index in [0.717, 1.165) is 28.6 Å². The Bertz CT molecular complexity index is 1250. The van der Waals surface area contributed by atoms with Crippen LogP contribution in [-0.2, 0) is 0 Å². The SMILES string of the molecule is Cc1cc(-c2cccnc2Oc2ccc(NC3=NC4C(F)=CC(F)=CC4N3)cc2)ccn1. The molecule has 2 N–H and O–H groups in total. The highest BCUT2D eigenvalue weighted by molar-refractivity contribution is 5.95. The van der Waals surface area contributed by atoms with Crippen LogP contribution < -0.4 is 15.4 Å². The molecule has 3 aromatic rings. The van der Waals surface area contributed by atoms with Crippen LogP contribution in [0.1, 0.15) is 5.69 Å². The third-order valence-corrected chi connectivity index (χ3v) is 5.12. The van der Waals surface area contributed by atoms with E-state index in [-0.39, 0.29) is 0 Å². The number of halogens is 2. The van der Waals surface area contributed by atoms with Gasteiger partial charge in [0.15, 0.2) is 5.96 Å². The Morgan fingerprint density at radius 2 is 1.88 bits per heavy atom. The second-order valence-corrected chi connectivity index (χ2v) is 7.47. The van der Waals surface area contributed by atoms with Gasteiger partial charge in [0.1, 0.15) is 23.4 Å². The van der Waals surface area contributed by atoms with Gasteiger partial charge in [-0.2, -0.15) is 0 Å². The third kappa shape index (κ3) is 4.07. The highest BCUT2D eigenvalue weighted by Gasteiger charge is 2.33. The molecule has 0 saturated carbocycles. The Morgan fingerprint density at radius 1 is 1.03 bits per heavy atom. The highest BCUT2D eigenvalue weighted by Crippen LogP contribution is 2.32. The van der Waals surface area contributed by atoms with Crippen molar-refractivity contribution in [2.24, 2.45) is 4.99 Å². The predicted octanol–water partition coefficient (Wildman–Crippen LogP) is 5.07. The minimum atomic E-state index is -0.751. The number of rotatable bonds is 4. The maximum atomic E-state index is 13.9. The van der Waals surface area contributed by atoms with Crippen molar-refractivity contribution in [1.82, 2.24) is 15.3 Å². The average molecular weight is 431 g/mol. The van der Waals surface area contributed by atoms with Crippen molar-refractivity contribution in [2.45, 2.75) is 19.0 Å². The molecule has 8 heteroatoms. The molecule has 0 bridgehead atoms. The fourth-order valence-corrected chi connectivity index (χ4v) is 3.62. The Hall–Kier alpha value is -4.07. The first-order valence-electron chi connectivity index (χ1n) is 10.1. The minimum Gasteiger partial charge on any atom is -0.438 e. The maximum Gasteiger partial charge on any atom is 0.227 e. The lowest BCUT2D eigenvalue weighted by Crippen LogP contribution is -2.37. The van der Waals surface area contributed by atoms with Crippen LogP contribution in [0.3, 0.4) is 0 Å². The largest absolute Gasteiger partial charge is 0.438 e. The molecule has 160 valence electrons. The molecule has 1 aromatic carbocycles. The van der Waals surface area contributed by atoms with Gasteiger partial charge in [0.05, 0.1) is 6.04 Å². The zero-order chi connectivity index (χ0) is 22.1. The van der Waals surface area contributed by atoms with Gasteiger partial charge in [-0.25, -0.2) is 18.8 Å². The molecular formula is C24H19F2N5O. The number of fused-ring (bicyclic) bond motifs is 1. The van der Waals surface area contributed by atoms with Crippen LogP contribution in [0.25, 0.3) is 11.1 Å². The number of hydrogen-bond acceptors (Lipinski definition) is 6. The topological polar surface area (TPSA) is 71.4 Å². The van der Waals surface area contributed by atoms with Gasteiger partial charge >= 0.3 is 0 Å². The molecule has 0 radical (unpaired) electrons. The molecule has 6 nitrogen and oxygen atoms in total. The van der Waals surface area contributed by atoms with Gasteiger partial charge in [0, 0.05) is 35.4 Å². The molecular weight excluding hydrogens is 412 g/mol. The molecule has 1 aliphatic carbocycles. The van der Waals surface area contributed by atoms with Crippen molar-refractivity contribution in [2.75, 3.05) is 5.32 Å². The monoisotopic (exact) mass is 431 g/mol. The number of anilines is 1. The minimum absolute atomic E-state index is 0.378. The second kappa shape index (κ2) is 8.22. The summed E-state index contributed by atoms with van der Waals surface area (Å²) in [4.78, 5) is 12.9. The normalized spacial score (nSPS) is 19.3. The quantitative estimate of drug-likeness (QED) is 0.603. The summed E-state index contributed by atoms with van der Waals surface area (Å²) in [6.45, 7) is 1.93. The number of allylic oxidation sites excluding steroid dienone is 2. The first kappa shape index (κ1) is 19.9. The molecule has 3 heterocycles. The zero-order valence-electron chi connectivity index (χ0n) is 17.1. The van der Waals surface area contributed by atoms with Crippen LogP contribution in [0, 0.1) is 6.92 Å². The van der Waals surface area contributed by atoms with Gasteiger partial charge in [-0.1, -0.05) is 0 Å². The van der Waals surface area contributed by atoms with Gasteiger partial charge in [-0.15, -0.1) is 0 Å². The summed E-state index contributed by atoms with van der Waals surface area (Å²) >= 11 is 0. The summed E-state index contributed by atoms with van der Waals surface area (Å²) in [7, 11) is 0. The van der Waals surface area contributed by atoms with Crippen molar-refractivity contribution in [3.63, 3.8) is 0 Å². The molecule has 32 heavy (non-hydrogen) atoms. The molecule has 2 unspecified atom stereocenters. The lowest BCUT2D eigenvalue weighted by molar-refractivity contribution is 0.465. The molecule has 0 amide bonds. The molecule has 2 aromatic heterocycles. The summed E-state index contributed by atoms with van der Waals surface area (Å²) in [5.41, 5.74) is 3.46. The number of benzene rings is 1. The zero-order valence-corrected chi connectivity index (χ0v) is 17.1. The molecule has 0 spiro atoms. The summed E-state index contributed by atoms with van der Waals surface area (Å²) in [6.07, 6.45) is 5.61. The van der Waals surface area contributed by atoms with Crippen LogP contribution in [0.5, 0.6) is 11.6 Å². The third-order valence-electron chi connectivity index (χ3n) is 5.12. The Kier molecular flexibility index (Phi) is 5.10. The van der Waals surface area contributed by atoms with E-state index in [2.05, 4.69) is 25.6 Å². The Labute approximate surface area is 183 Å². The molecule has 5 rings (SSSR count). The number of pyridine rings is 2. The van der Waals surface area contributed by atoms with E-state index in [4.69, 9.17) is 4.74 Å². The second-order valence-electron chi connectivity index (χ2n) is 7.47. The average Bonchev–Trinajstić information content (AvgIpc) is 3.18. The lowest BCUT2D eigenvalue weighted by Gasteiger charge is -2.16. The van der Waals surface area contributed by atoms with Crippen molar-refractivity contribution in [3.8, 4) is 22.8 Å². The van der Waals surface area contributed by atoms with E-state index in [1.54, 1.807) is 24.5 Å². The summed E-state index contributed by atoms with van der Waals surface area (Å²) < 4.78 is 33.4. The van der Waals surface area contributed by atoms with Gasteiger partial charge in [-0.05, 0) is 67.1 Å². The van der Waals surface area contributed by atoms with Crippen molar-refractivity contribution in [1.29, 1.82) is 0 Å². The van der Waals surface area contributed by atoms with E-state index in [9.17, 15) is 8.78 Å². The molecule has 2 atom stereocenters. The van der Waals surface area contributed by atoms with E-state index in [1.807, 2.05) is 43.3 Å². The molecule has 0 fully saturated rings. The van der Waals surface area contributed by atoms with Crippen molar-refractivity contribution in [3.05, 3.63) is 90.4 Å². The number of aryl methyl sites for hydroxylation is 1. The molecule has 2 aliphatic rings. The number of nitrogens with zero attached hydrogens (tertiary/aromatic N) is 3. The van der Waals surface area contributed by atoms with Crippen LogP contribution in [-0.4, -0.2) is 28.0 Å². The first-order valence-corrected chi connectivity index (χ1v) is 10.1. The summed E-state index contributed by atoms with van der Waals surface area (Å²) in [5, 5.41) is 6.06. The summed E-state index contributed by atoms with van der Waals surface area (Å²) in [5.74, 6) is 0.267. The van der Waals surface area contributed by atoms with Crippen LogP contribution >= 0.6 is 0 Å². The van der Waals surface area contributed by atoms with E-state index < -0.39 is 23.7 Å². The van der Waals surface area contributed by atoms with E-state index in [1.165, 1.54) is 6.08 Å². The van der Waals surface area contributed by atoms with Crippen molar-refractivity contribution >= 4 is 11.6 Å². The van der Waals surface area contributed by atoms with Crippen LogP contribution in [0.15, 0.2) is 89.7 Å². The lowest BCUT2D eigenvalue weighted by atomic mass is 10.0. The van der Waals surface area contributed by atoms with Crippen LogP contribution in [0.4, 0.5) is 14.5 Å². The Balaban J connectivity index is 1.30. The van der Waals surface area contributed by atoms with E-state index >= 15 is 0 Å².